The molecule has 2 heterocycles. The number of hydrogen-bond donors (Lipinski definition) is 1. The fraction of sp³-hybridized carbons (Fsp3) is 0.273. The number of hydrogen-bond acceptors (Lipinski definition) is 4. The van der Waals surface area contributed by atoms with Crippen LogP contribution < -0.4 is 5.73 Å². The van der Waals surface area contributed by atoms with Crippen LogP contribution >= 0.6 is 11.8 Å². The molecule has 0 radical (unpaired) electrons. The zero-order valence-corrected chi connectivity index (χ0v) is 10.4. The molecule has 4 nitrogen and oxygen atoms in total. The SMILES string of the molecule is Cc1cc(C)nc(Sc2nn(C)cc2N)c1. The van der Waals surface area contributed by atoms with Crippen LogP contribution in [0.1, 0.15) is 11.3 Å². The number of nitrogens with two attached hydrogens (primary N) is 1. The van der Waals surface area contributed by atoms with E-state index >= 15 is 0 Å². The highest BCUT2D eigenvalue weighted by molar-refractivity contribution is 7.99. The molecule has 2 aromatic heterocycles. The van der Waals surface area contributed by atoms with Crippen molar-refractivity contribution >= 4 is 17.4 Å². The van der Waals surface area contributed by atoms with Gasteiger partial charge >= 0.3 is 0 Å². The van der Waals surface area contributed by atoms with Crippen molar-refractivity contribution in [2.24, 2.45) is 7.05 Å². The van der Waals surface area contributed by atoms with E-state index in [0.717, 1.165) is 15.7 Å². The maximum Gasteiger partial charge on any atom is 0.147 e. The molecule has 0 amide bonds. The maximum atomic E-state index is 5.83. The first kappa shape index (κ1) is 11.0. The quantitative estimate of drug-likeness (QED) is 0.865. The Morgan fingerprint density at radius 1 is 1.31 bits per heavy atom. The van der Waals surface area contributed by atoms with E-state index in [9.17, 15) is 0 Å². The molecule has 0 bridgehead atoms. The van der Waals surface area contributed by atoms with Crippen molar-refractivity contribution in [3.63, 3.8) is 0 Å². The van der Waals surface area contributed by atoms with Crippen molar-refractivity contribution in [1.29, 1.82) is 0 Å². The van der Waals surface area contributed by atoms with Crippen LogP contribution in [-0.4, -0.2) is 14.8 Å². The van der Waals surface area contributed by atoms with Gasteiger partial charge in [0.25, 0.3) is 0 Å². The predicted octanol–water partition coefficient (Wildman–Crippen LogP) is 2.17. The van der Waals surface area contributed by atoms with Gasteiger partial charge < -0.3 is 5.73 Å². The van der Waals surface area contributed by atoms with Gasteiger partial charge in [0.1, 0.15) is 10.1 Å². The van der Waals surface area contributed by atoms with E-state index in [4.69, 9.17) is 5.73 Å². The molecule has 2 rings (SSSR count). The molecule has 0 saturated heterocycles. The molecule has 0 aliphatic carbocycles. The Hall–Kier alpha value is -1.49. The number of aromatic nitrogens is 3. The number of pyridine rings is 1. The lowest BCUT2D eigenvalue weighted by molar-refractivity contribution is 0.738. The predicted molar refractivity (Wildman–Crippen MR) is 65.5 cm³/mol. The largest absolute Gasteiger partial charge is 0.395 e. The van der Waals surface area contributed by atoms with Gasteiger partial charge in [0.2, 0.25) is 0 Å². The first-order chi connectivity index (χ1) is 7.54. The summed E-state index contributed by atoms with van der Waals surface area (Å²) in [6.45, 7) is 4.04. The second-order valence-corrected chi connectivity index (χ2v) is 4.80. The first-order valence-electron chi connectivity index (χ1n) is 4.97. The molecule has 0 aliphatic rings. The number of aryl methyl sites for hydroxylation is 3. The molecule has 0 aromatic carbocycles. The van der Waals surface area contributed by atoms with E-state index in [-0.39, 0.29) is 0 Å². The molecule has 2 aromatic rings. The smallest absolute Gasteiger partial charge is 0.147 e. The maximum absolute atomic E-state index is 5.83. The van der Waals surface area contributed by atoms with Gasteiger partial charge in [0.15, 0.2) is 0 Å². The van der Waals surface area contributed by atoms with Gasteiger partial charge in [0.05, 0.1) is 5.69 Å². The summed E-state index contributed by atoms with van der Waals surface area (Å²) in [6, 6.07) is 4.08. The van der Waals surface area contributed by atoms with Gasteiger partial charge in [-0.2, -0.15) is 5.10 Å². The fourth-order valence-electron chi connectivity index (χ4n) is 1.52. The number of nitrogen functional groups attached to an aromatic ring is 1. The van der Waals surface area contributed by atoms with Crippen molar-refractivity contribution in [2.75, 3.05) is 5.73 Å². The monoisotopic (exact) mass is 234 g/mol. The van der Waals surface area contributed by atoms with Crippen molar-refractivity contribution < 1.29 is 0 Å². The summed E-state index contributed by atoms with van der Waals surface area (Å²) >= 11 is 1.50. The zero-order chi connectivity index (χ0) is 11.7. The van der Waals surface area contributed by atoms with E-state index < -0.39 is 0 Å². The average Bonchev–Trinajstić information content (AvgIpc) is 2.43. The minimum atomic E-state index is 0.688. The van der Waals surface area contributed by atoms with E-state index in [2.05, 4.69) is 17.0 Å². The molecular formula is C11H14N4S. The molecular weight excluding hydrogens is 220 g/mol. The van der Waals surface area contributed by atoms with Gasteiger partial charge in [-0.1, -0.05) is 0 Å². The third-order valence-corrected chi connectivity index (χ3v) is 3.03. The molecule has 84 valence electrons. The molecule has 16 heavy (non-hydrogen) atoms. The number of anilines is 1. The second-order valence-electron chi connectivity index (χ2n) is 3.79. The Kier molecular flexibility index (Phi) is 2.87. The Morgan fingerprint density at radius 3 is 2.62 bits per heavy atom. The molecule has 5 heteroatoms. The first-order valence-corrected chi connectivity index (χ1v) is 5.78. The summed E-state index contributed by atoms with van der Waals surface area (Å²) in [5.41, 5.74) is 8.73. The van der Waals surface area contributed by atoms with Crippen LogP contribution in [0.2, 0.25) is 0 Å². The van der Waals surface area contributed by atoms with Crippen LogP contribution in [0.25, 0.3) is 0 Å². The molecule has 0 unspecified atom stereocenters. The second kappa shape index (κ2) is 4.17. The normalized spacial score (nSPS) is 10.7. The third kappa shape index (κ3) is 2.36. The van der Waals surface area contributed by atoms with Gasteiger partial charge in [0, 0.05) is 18.9 Å². The van der Waals surface area contributed by atoms with Gasteiger partial charge in [-0.25, -0.2) is 4.98 Å². The van der Waals surface area contributed by atoms with Gasteiger partial charge in [-0.05, 0) is 43.3 Å². The lowest BCUT2D eigenvalue weighted by atomic mass is 10.3. The van der Waals surface area contributed by atoms with E-state index in [0.29, 0.717) is 5.69 Å². The highest BCUT2D eigenvalue weighted by Crippen LogP contribution is 2.29. The molecule has 0 saturated carbocycles. The molecule has 0 fully saturated rings. The van der Waals surface area contributed by atoms with Crippen molar-refractivity contribution in [3.05, 3.63) is 29.6 Å². The Bertz CT molecular complexity index is 498. The van der Waals surface area contributed by atoms with Gasteiger partial charge in [-0.3, -0.25) is 4.68 Å². The summed E-state index contributed by atoms with van der Waals surface area (Å²) in [7, 11) is 1.86. The van der Waals surface area contributed by atoms with E-state index in [1.807, 2.05) is 26.1 Å². The minimum absolute atomic E-state index is 0.688. The van der Waals surface area contributed by atoms with Gasteiger partial charge in [-0.15, -0.1) is 0 Å². The lowest BCUT2D eigenvalue weighted by Gasteiger charge is -2.02. The summed E-state index contributed by atoms with van der Waals surface area (Å²) in [5, 5.41) is 6.02. The molecule has 0 spiro atoms. The summed E-state index contributed by atoms with van der Waals surface area (Å²) < 4.78 is 1.71. The minimum Gasteiger partial charge on any atom is -0.395 e. The van der Waals surface area contributed by atoms with E-state index in [1.54, 1.807) is 10.9 Å². The summed E-state index contributed by atoms with van der Waals surface area (Å²) in [6.07, 6.45) is 1.80. The molecule has 0 aliphatic heterocycles. The summed E-state index contributed by atoms with van der Waals surface area (Å²) in [4.78, 5) is 4.44. The van der Waals surface area contributed by atoms with E-state index in [1.165, 1.54) is 17.3 Å². The third-order valence-electron chi connectivity index (χ3n) is 2.10. The number of rotatable bonds is 2. The van der Waals surface area contributed by atoms with Crippen LogP contribution in [-0.2, 0) is 7.05 Å². The molecule has 0 atom stereocenters. The summed E-state index contributed by atoms with van der Waals surface area (Å²) in [5.74, 6) is 0. The van der Waals surface area contributed by atoms with Crippen molar-refractivity contribution in [1.82, 2.24) is 14.8 Å². The molecule has 2 N–H and O–H groups in total. The van der Waals surface area contributed by atoms with Crippen LogP contribution in [0.5, 0.6) is 0 Å². The Morgan fingerprint density at radius 2 is 2.06 bits per heavy atom. The number of nitrogens with zero attached hydrogens (tertiary/aromatic N) is 3. The Labute approximate surface area is 98.9 Å². The van der Waals surface area contributed by atoms with Crippen molar-refractivity contribution in [3.8, 4) is 0 Å². The van der Waals surface area contributed by atoms with Crippen molar-refractivity contribution in [2.45, 2.75) is 23.9 Å². The highest BCUT2D eigenvalue weighted by atomic mass is 32.2. The van der Waals surface area contributed by atoms with Crippen LogP contribution in [0.15, 0.2) is 28.4 Å². The van der Waals surface area contributed by atoms with Crippen LogP contribution in [0, 0.1) is 13.8 Å². The fourth-order valence-corrected chi connectivity index (χ4v) is 2.49. The van der Waals surface area contributed by atoms with Crippen LogP contribution in [0.3, 0.4) is 0 Å². The average molecular weight is 234 g/mol. The van der Waals surface area contributed by atoms with Crippen LogP contribution in [0.4, 0.5) is 5.69 Å². The Balaban J connectivity index is 2.30. The lowest BCUT2D eigenvalue weighted by Crippen LogP contribution is -1.90. The topological polar surface area (TPSA) is 56.7 Å². The highest BCUT2D eigenvalue weighted by Gasteiger charge is 2.07. The standard InChI is InChI=1S/C11H14N4S/c1-7-4-8(2)13-10(5-7)16-11-9(12)6-15(3)14-11/h4-6H,12H2,1-3H3. The zero-order valence-electron chi connectivity index (χ0n) is 9.56.